The van der Waals surface area contributed by atoms with Crippen molar-refractivity contribution in [2.75, 3.05) is 11.9 Å². The van der Waals surface area contributed by atoms with Crippen molar-refractivity contribution in [2.45, 2.75) is 37.6 Å². The Morgan fingerprint density at radius 2 is 1.90 bits per heavy atom. The fourth-order valence-electron chi connectivity index (χ4n) is 3.80. The average Bonchev–Trinajstić information content (AvgIpc) is 3.30. The third kappa shape index (κ3) is 5.97. The molecule has 1 aromatic heterocycles. The second-order valence-electron chi connectivity index (χ2n) is 7.61. The molecule has 158 valence electrons. The van der Waals surface area contributed by atoms with E-state index in [4.69, 9.17) is 0 Å². The number of allylic oxidation sites excluding steroid dienone is 2. The Morgan fingerprint density at radius 1 is 1.19 bits per heavy atom. The highest BCUT2D eigenvalue weighted by atomic mass is 16.1. The fourth-order valence-corrected chi connectivity index (χ4v) is 3.80. The van der Waals surface area contributed by atoms with E-state index in [1.807, 2.05) is 36.4 Å². The number of rotatable bonds is 9. The van der Waals surface area contributed by atoms with E-state index < -0.39 is 0 Å². The largest absolute Gasteiger partial charge is 0.322 e. The van der Waals surface area contributed by atoms with E-state index in [2.05, 4.69) is 33.4 Å². The summed E-state index contributed by atoms with van der Waals surface area (Å²) in [4.78, 5) is 20.5. The Balaban J connectivity index is 1.65. The Morgan fingerprint density at radius 3 is 2.55 bits per heavy atom. The summed E-state index contributed by atoms with van der Waals surface area (Å²) >= 11 is 0. The highest BCUT2D eigenvalue weighted by Gasteiger charge is 2.35. The summed E-state index contributed by atoms with van der Waals surface area (Å²) in [5, 5.41) is 15.9. The molecule has 0 saturated heterocycles. The summed E-state index contributed by atoms with van der Waals surface area (Å²) in [7, 11) is 0. The monoisotopic (exact) mass is 413 g/mol. The van der Waals surface area contributed by atoms with Crippen LogP contribution in [0, 0.1) is 11.3 Å². The van der Waals surface area contributed by atoms with Crippen LogP contribution in [0.5, 0.6) is 0 Å². The number of carbonyl (C=O) groups is 1. The first-order chi connectivity index (χ1) is 15.2. The number of amides is 1. The van der Waals surface area contributed by atoms with Crippen LogP contribution in [0.4, 0.5) is 5.69 Å². The van der Waals surface area contributed by atoms with Gasteiger partial charge in [-0.15, -0.1) is 0 Å². The Kier molecular flexibility index (Phi) is 7.85. The Labute approximate surface area is 183 Å². The average molecular weight is 414 g/mol. The number of carbonyl (C=O) groups excluding carboxylic acids is 1. The van der Waals surface area contributed by atoms with Crippen molar-refractivity contribution in [1.82, 2.24) is 10.3 Å². The van der Waals surface area contributed by atoms with Crippen LogP contribution >= 0.6 is 0 Å². The molecule has 6 heteroatoms. The van der Waals surface area contributed by atoms with E-state index in [0.29, 0.717) is 24.4 Å². The van der Waals surface area contributed by atoms with Gasteiger partial charge in [-0.25, -0.2) is 0 Å². The maximum absolute atomic E-state index is 12.8. The maximum atomic E-state index is 12.8. The highest BCUT2D eigenvalue weighted by Crippen LogP contribution is 2.40. The molecule has 2 aromatic rings. The van der Waals surface area contributed by atoms with Gasteiger partial charge in [0.25, 0.3) is 5.91 Å². The van der Waals surface area contributed by atoms with Crippen LogP contribution in [0.1, 0.15) is 36.8 Å². The molecule has 2 N–H and O–H groups in total. The minimum atomic E-state index is -0.382. The molecule has 0 bridgehead atoms. The van der Waals surface area contributed by atoms with Crippen molar-refractivity contribution in [1.29, 1.82) is 5.26 Å². The number of hydrogen-bond donors (Lipinski definition) is 2. The van der Waals surface area contributed by atoms with Crippen molar-refractivity contribution in [2.24, 2.45) is 4.99 Å². The molecule has 3 rings (SSSR count). The van der Waals surface area contributed by atoms with Gasteiger partial charge in [0.05, 0.1) is 11.5 Å². The Bertz CT molecular complexity index is 981. The first-order valence-electron chi connectivity index (χ1n) is 10.4. The smallest absolute Gasteiger partial charge is 0.252 e. The fraction of sp³-hybridized carbons (Fsp3) is 0.280. The lowest BCUT2D eigenvalue weighted by molar-refractivity contribution is -0.112. The molecule has 0 spiro atoms. The molecule has 1 saturated carbocycles. The maximum Gasteiger partial charge on any atom is 0.252 e. The summed E-state index contributed by atoms with van der Waals surface area (Å²) in [5.74, 6) is -0.195. The molecule has 1 fully saturated rings. The minimum absolute atomic E-state index is 0.195. The molecule has 1 amide bonds. The molecule has 0 unspecified atom stereocenters. The molecule has 31 heavy (non-hydrogen) atoms. The van der Waals surface area contributed by atoms with Crippen LogP contribution in [-0.4, -0.2) is 24.2 Å². The van der Waals surface area contributed by atoms with Crippen molar-refractivity contribution >= 4 is 18.3 Å². The number of nitriles is 1. The van der Waals surface area contributed by atoms with Crippen LogP contribution in [0.2, 0.25) is 0 Å². The van der Waals surface area contributed by atoms with Gasteiger partial charge in [0.15, 0.2) is 0 Å². The summed E-state index contributed by atoms with van der Waals surface area (Å²) in [6.07, 6.45) is 12.4. The van der Waals surface area contributed by atoms with Gasteiger partial charge in [-0.05, 0) is 61.0 Å². The van der Waals surface area contributed by atoms with Gasteiger partial charge >= 0.3 is 0 Å². The third-order valence-electron chi connectivity index (χ3n) is 5.54. The van der Waals surface area contributed by atoms with Crippen LogP contribution in [0.3, 0.4) is 0 Å². The van der Waals surface area contributed by atoms with E-state index in [9.17, 15) is 10.1 Å². The van der Waals surface area contributed by atoms with Crippen molar-refractivity contribution in [3.8, 4) is 6.07 Å². The van der Waals surface area contributed by atoms with Gasteiger partial charge < -0.3 is 10.6 Å². The molecule has 0 atom stereocenters. The SMILES string of the molecule is C=N/C=C\C=C(/CNCc1ccncc1)C(=O)Nc1ccc(C2(C#N)CCCC2)cc1. The van der Waals surface area contributed by atoms with Crippen LogP contribution in [0.25, 0.3) is 0 Å². The Hall–Kier alpha value is -3.56. The molecular formula is C25H27N5O. The topological polar surface area (TPSA) is 90.2 Å². The number of hydrogen-bond acceptors (Lipinski definition) is 5. The predicted octanol–water partition coefficient (Wildman–Crippen LogP) is 4.29. The molecule has 1 heterocycles. The lowest BCUT2D eigenvalue weighted by Crippen LogP contribution is -2.25. The third-order valence-corrected chi connectivity index (χ3v) is 5.54. The number of anilines is 1. The standard InChI is InChI=1S/C25H27N5O/c1-27-14-4-5-21(18-29-17-20-10-15-28-16-11-20)24(31)30-23-8-6-22(7-9-23)25(19-26)12-2-3-13-25/h4-11,14-16,29H,1-3,12-13,17-18H2,(H,30,31)/b14-4-,21-5+. The summed E-state index contributed by atoms with van der Waals surface area (Å²) in [6.45, 7) is 4.43. The zero-order valence-corrected chi connectivity index (χ0v) is 17.6. The van der Waals surface area contributed by atoms with Crippen molar-refractivity contribution in [3.63, 3.8) is 0 Å². The molecule has 1 aromatic carbocycles. The molecule has 1 aliphatic carbocycles. The van der Waals surface area contributed by atoms with E-state index in [-0.39, 0.29) is 11.3 Å². The van der Waals surface area contributed by atoms with Gasteiger partial charge in [0.2, 0.25) is 0 Å². The lowest BCUT2D eigenvalue weighted by atomic mass is 9.80. The number of benzene rings is 1. The molecule has 6 nitrogen and oxygen atoms in total. The molecule has 1 aliphatic rings. The van der Waals surface area contributed by atoms with Gasteiger partial charge in [-0.1, -0.05) is 31.1 Å². The molecular weight excluding hydrogens is 386 g/mol. The summed E-state index contributed by atoms with van der Waals surface area (Å²) in [6, 6.07) is 14.0. The quantitative estimate of drug-likeness (QED) is 0.365. The van der Waals surface area contributed by atoms with E-state index in [1.165, 1.54) is 6.20 Å². The second-order valence-corrected chi connectivity index (χ2v) is 7.61. The van der Waals surface area contributed by atoms with E-state index >= 15 is 0 Å². The first-order valence-corrected chi connectivity index (χ1v) is 10.4. The highest BCUT2D eigenvalue weighted by molar-refractivity contribution is 6.04. The zero-order valence-electron chi connectivity index (χ0n) is 17.6. The number of nitrogens with zero attached hydrogens (tertiary/aromatic N) is 3. The van der Waals surface area contributed by atoms with Gasteiger partial charge in [-0.3, -0.25) is 14.8 Å². The van der Waals surface area contributed by atoms with E-state index in [0.717, 1.165) is 36.8 Å². The van der Waals surface area contributed by atoms with Gasteiger partial charge in [0.1, 0.15) is 0 Å². The van der Waals surface area contributed by atoms with Gasteiger partial charge in [0, 0.05) is 42.9 Å². The minimum Gasteiger partial charge on any atom is -0.322 e. The second kappa shape index (κ2) is 11.0. The molecule has 0 aliphatic heterocycles. The number of pyridine rings is 1. The summed E-state index contributed by atoms with van der Waals surface area (Å²) in [5.41, 5.74) is 3.01. The molecule has 0 radical (unpaired) electrons. The number of aliphatic imine (C=N–C) groups is 1. The normalized spacial score (nSPS) is 15.5. The van der Waals surface area contributed by atoms with Gasteiger partial charge in [-0.2, -0.15) is 5.26 Å². The van der Waals surface area contributed by atoms with E-state index in [1.54, 1.807) is 24.5 Å². The number of aromatic nitrogens is 1. The zero-order chi connectivity index (χ0) is 21.9. The van der Waals surface area contributed by atoms with Crippen LogP contribution < -0.4 is 10.6 Å². The van der Waals surface area contributed by atoms with Crippen LogP contribution in [0.15, 0.2) is 77.7 Å². The first kappa shape index (κ1) is 22.1. The number of nitrogens with one attached hydrogen (secondary N) is 2. The van der Waals surface area contributed by atoms with Crippen molar-refractivity contribution in [3.05, 3.63) is 83.8 Å². The van der Waals surface area contributed by atoms with Crippen molar-refractivity contribution < 1.29 is 4.79 Å². The predicted molar refractivity (Wildman–Crippen MR) is 124 cm³/mol. The summed E-state index contributed by atoms with van der Waals surface area (Å²) < 4.78 is 0. The lowest BCUT2D eigenvalue weighted by Gasteiger charge is -2.21. The van der Waals surface area contributed by atoms with Crippen LogP contribution in [-0.2, 0) is 16.8 Å².